The molecule has 1 aromatic carbocycles. The van der Waals surface area contributed by atoms with Crippen LogP contribution in [-0.4, -0.2) is 54.3 Å². The number of nitrogens with zero attached hydrogens (tertiary/aromatic N) is 4. The first-order valence-electron chi connectivity index (χ1n) is 8.89. The number of aryl methyl sites for hydroxylation is 2. The SMILES string of the molecule is COc1ccc(Cl)cc1C(=O)N1CCN(c2cc3c(nn2)CCC3)CC1. The van der Waals surface area contributed by atoms with Gasteiger partial charge in [-0.15, -0.1) is 5.10 Å². The molecule has 2 aliphatic rings. The van der Waals surface area contributed by atoms with Crippen molar-refractivity contribution < 1.29 is 9.53 Å². The van der Waals surface area contributed by atoms with Gasteiger partial charge in [0.25, 0.3) is 5.91 Å². The van der Waals surface area contributed by atoms with Gasteiger partial charge in [0.15, 0.2) is 5.82 Å². The summed E-state index contributed by atoms with van der Waals surface area (Å²) in [6, 6.07) is 7.28. The predicted molar refractivity (Wildman–Crippen MR) is 100 cm³/mol. The summed E-state index contributed by atoms with van der Waals surface area (Å²) in [6.07, 6.45) is 3.29. The van der Waals surface area contributed by atoms with Crippen LogP contribution in [0, 0.1) is 0 Å². The fourth-order valence-electron chi connectivity index (χ4n) is 3.63. The summed E-state index contributed by atoms with van der Waals surface area (Å²) in [4.78, 5) is 16.9. The lowest BCUT2D eigenvalue weighted by atomic mass is 10.1. The number of fused-ring (bicyclic) bond motifs is 1. The second kappa shape index (κ2) is 7.11. The van der Waals surface area contributed by atoms with Gasteiger partial charge in [0.1, 0.15) is 5.75 Å². The molecule has 6 nitrogen and oxygen atoms in total. The van der Waals surface area contributed by atoms with E-state index in [1.54, 1.807) is 25.3 Å². The number of methoxy groups -OCH3 is 1. The van der Waals surface area contributed by atoms with Crippen LogP contribution in [0.5, 0.6) is 5.75 Å². The second-order valence-corrected chi connectivity index (χ2v) is 7.09. The summed E-state index contributed by atoms with van der Waals surface area (Å²) < 4.78 is 5.31. The molecule has 7 heteroatoms. The topological polar surface area (TPSA) is 58.6 Å². The number of anilines is 1. The van der Waals surface area contributed by atoms with Crippen molar-refractivity contribution in [3.05, 3.63) is 46.1 Å². The average Bonchev–Trinajstić information content (AvgIpc) is 3.15. The van der Waals surface area contributed by atoms with Crippen LogP contribution in [0.3, 0.4) is 0 Å². The third-order valence-corrected chi connectivity index (χ3v) is 5.32. The average molecular weight is 373 g/mol. The number of ether oxygens (including phenoxy) is 1. The van der Waals surface area contributed by atoms with Crippen LogP contribution in [0.4, 0.5) is 5.82 Å². The minimum Gasteiger partial charge on any atom is -0.496 e. The number of carbonyl (C=O) groups excluding carboxylic acids is 1. The maximum Gasteiger partial charge on any atom is 0.257 e. The van der Waals surface area contributed by atoms with Gasteiger partial charge in [-0.05, 0) is 49.1 Å². The molecule has 1 aliphatic carbocycles. The first-order valence-corrected chi connectivity index (χ1v) is 9.27. The zero-order valence-corrected chi connectivity index (χ0v) is 15.5. The number of amides is 1. The summed E-state index contributed by atoms with van der Waals surface area (Å²) in [7, 11) is 1.56. The van der Waals surface area contributed by atoms with Gasteiger partial charge >= 0.3 is 0 Å². The van der Waals surface area contributed by atoms with E-state index in [1.165, 1.54) is 5.56 Å². The molecule has 1 amide bonds. The van der Waals surface area contributed by atoms with E-state index in [0.717, 1.165) is 43.9 Å². The number of benzene rings is 1. The minimum absolute atomic E-state index is 0.0518. The smallest absolute Gasteiger partial charge is 0.257 e. The van der Waals surface area contributed by atoms with Crippen LogP contribution < -0.4 is 9.64 Å². The van der Waals surface area contributed by atoms with E-state index in [0.29, 0.717) is 29.4 Å². The Morgan fingerprint density at radius 2 is 1.92 bits per heavy atom. The van der Waals surface area contributed by atoms with E-state index in [-0.39, 0.29) is 5.91 Å². The Morgan fingerprint density at radius 1 is 1.12 bits per heavy atom. The van der Waals surface area contributed by atoms with Crippen molar-refractivity contribution in [2.24, 2.45) is 0 Å². The molecule has 4 rings (SSSR count). The van der Waals surface area contributed by atoms with Gasteiger partial charge in [0.2, 0.25) is 0 Å². The second-order valence-electron chi connectivity index (χ2n) is 6.65. The lowest BCUT2D eigenvalue weighted by Gasteiger charge is -2.35. The molecule has 0 spiro atoms. The summed E-state index contributed by atoms with van der Waals surface area (Å²) in [6.45, 7) is 2.74. The van der Waals surface area contributed by atoms with E-state index >= 15 is 0 Å². The number of aromatic nitrogens is 2. The van der Waals surface area contributed by atoms with Gasteiger partial charge in [-0.3, -0.25) is 4.79 Å². The Bertz CT molecular complexity index is 834. The summed E-state index contributed by atoms with van der Waals surface area (Å²) >= 11 is 6.06. The van der Waals surface area contributed by atoms with Crippen LogP contribution in [0.2, 0.25) is 5.02 Å². The molecule has 0 bridgehead atoms. The van der Waals surface area contributed by atoms with Crippen LogP contribution >= 0.6 is 11.6 Å². The molecular formula is C19H21ClN4O2. The molecule has 0 saturated carbocycles. The Balaban J connectivity index is 1.45. The Hall–Kier alpha value is -2.34. The van der Waals surface area contributed by atoms with Crippen molar-refractivity contribution in [1.82, 2.24) is 15.1 Å². The Labute approximate surface area is 157 Å². The van der Waals surface area contributed by atoms with Gasteiger partial charge < -0.3 is 14.5 Å². The van der Waals surface area contributed by atoms with Crippen LogP contribution in [-0.2, 0) is 12.8 Å². The lowest BCUT2D eigenvalue weighted by Crippen LogP contribution is -2.49. The first-order chi connectivity index (χ1) is 12.7. The van der Waals surface area contributed by atoms with Crippen molar-refractivity contribution in [3.8, 4) is 5.75 Å². The molecule has 26 heavy (non-hydrogen) atoms. The summed E-state index contributed by atoms with van der Waals surface area (Å²) in [5.74, 6) is 1.41. The van der Waals surface area contributed by atoms with Crippen molar-refractivity contribution in [2.45, 2.75) is 19.3 Å². The van der Waals surface area contributed by atoms with Gasteiger partial charge in [-0.25, -0.2) is 0 Å². The Kier molecular flexibility index (Phi) is 4.68. The largest absolute Gasteiger partial charge is 0.496 e. The van der Waals surface area contributed by atoms with Gasteiger partial charge in [-0.1, -0.05) is 11.6 Å². The van der Waals surface area contributed by atoms with Crippen molar-refractivity contribution >= 4 is 23.3 Å². The van der Waals surface area contributed by atoms with E-state index < -0.39 is 0 Å². The van der Waals surface area contributed by atoms with Crippen molar-refractivity contribution in [2.75, 3.05) is 38.2 Å². The maximum atomic E-state index is 12.9. The number of hydrogen-bond acceptors (Lipinski definition) is 5. The molecule has 1 aliphatic heterocycles. The Morgan fingerprint density at radius 3 is 2.69 bits per heavy atom. The molecule has 1 fully saturated rings. The summed E-state index contributed by atoms with van der Waals surface area (Å²) in [5, 5.41) is 9.27. The monoisotopic (exact) mass is 372 g/mol. The van der Waals surface area contributed by atoms with E-state index in [9.17, 15) is 4.79 Å². The molecule has 1 saturated heterocycles. The number of carbonyl (C=O) groups is 1. The number of rotatable bonds is 3. The number of halogens is 1. The molecule has 1 aromatic heterocycles. The molecule has 2 heterocycles. The zero-order chi connectivity index (χ0) is 18.1. The van der Waals surface area contributed by atoms with Gasteiger partial charge in [-0.2, -0.15) is 5.10 Å². The van der Waals surface area contributed by atoms with Crippen molar-refractivity contribution in [3.63, 3.8) is 0 Å². The van der Waals surface area contributed by atoms with Crippen LogP contribution in [0.25, 0.3) is 0 Å². The summed E-state index contributed by atoms with van der Waals surface area (Å²) in [5.41, 5.74) is 2.96. The van der Waals surface area contributed by atoms with E-state index in [1.807, 2.05) is 4.90 Å². The molecule has 136 valence electrons. The normalized spacial score (nSPS) is 16.5. The quantitative estimate of drug-likeness (QED) is 0.828. The van der Waals surface area contributed by atoms with Gasteiger partial charge in [0.05, 0.1) is 18.4 Å². The standard InChI is InChI=1S/C19H21ClN4O2/c1-26-17-6-5-14(20)12-15(17)19(25)24-9-7-23(8-10-24)18-11-13-3-2-4-16(13)21-22-18/h5-6,11-12H,2-4,7-10H2,1H3. The van der Waals surface area contributed by atoms with E-state index in [4.69, 9.17) is 16.3 Å². The number of hydrogen-bond donors (Lipinski definition) is 0. The maximum absolute atomic E-state index is 12.9. The highest BCUT2D eigenvalue weighted by Gasteiger charge is 2.26. The highest BCUT2D eigenvalue weighted by atomic mass is 35.5. The number of piperazine rings is 1. The van der Waals surface area contributed by atoms with Crippen LogP contribution in [0.15, 0.2) is 24.3 Å². The molecule has 0 unspecified atom stereocenters. The third kappa shape index (κ3) is 3.21. The predicted octanol–water partition coefficient (Wildman–Crippen LogP) is 2.59. The zero-order valence-electron chi connectivity index (χ0n) is 14.7. The lowest BCUT2D eigenvalue weighted by molar-refractivity contribution is 0.0743. The van der Waals surface area contributed by atoms with Crippen molar-refractivity contribution in [1.29, 1.82) is 0 Å². The molecule has 0 N–H and O–H groups in total. The molecule has 0 radical (unpaired) electrons. The minimum atomic E-state index is -0.0518. The highest BCUT2D eigenvalue weighted by molar-refractivity contribution is 6.31. The fraction of sp³-hybridized carbons (Fsp3) is 0.421. The molecule has 0 atom stereocenters. The van der Waals surface area contributed by atoms with E-state index in [2.05, 4.69) is 21.2 Å². The van der Waals surface area contributed by atoms with Crippen LogP contribution in [0.1, 0.15) is 28.0 Å². The fourth-order valence-corrected chi connectivity index (χ4v) is 3.80. The molecule has 2 aromatic rings. The van der Waals surface area contributed by atoms with Gasteiger partial charge in [0, 0.05) is 31.2 Å². The molecular weight excluding hydrogens is 352 g/mol. The first kappa shape index (κ1) is 17.1. The third-order valence-electron chi connectivity index (χ3n) is 5.09. The highest BCUT2D eigenvalue weighted by Crippen LogP contribution is 2.26.